The molecule has 2 aromatic carbocycles. The molecule has 1 aliphatic rings. The molecule has 1 saturated heterocycles. The van der Waals surface area contributed by atoms with Gasteiger partial charge in [-0.2, -0.15) is 0 Å². The normalized spacial score (nSPS) is 15.1. The zero-order chi connectivity index (χ0) is 16.9. The number of halogens is 2. The van der Waals surface area contributed by atoms with E-state index < -0.39 is 0 Å². The Labute approximate surface area is 155 Å². The van der Waals surface area contributed by atoms with Crippen LogP contribution >= 0.6 is 27.5 Å². The van der Waals surface area contributed by atoms with Gasteiger partial charge in [0, 0.05) is 47.4 Å². The van der Waals surface area contributed by atoms with Crippen molar-refractivity contribution < 1.29 is 4.79 Å². The van der Waals surface area contributed by atoms with Gasteiger partial charge in [-0.05, 0) is 48.0 Å². The van der Waals surface area contributed by atoms with Gasteiger partial charge in [0.05, 0.1) is 0 Å². The highest BCUT2D eigenvalue weighted by Gasteiger charge is 2.19. The molecular weight excluding hydrogens is 388 g/mol. The predicted molar refractivity (Wildman–Crippen MR) is 103 cm³/mol. The minimum absolute atomic E-state index is 0.0636. The number of hydrogen-bond acceptors (Lipinski definition) is 2. The van der Waals surface area contributed by atoms with Gasteiger partial charge in [-0.25, -0.2) is 0 Å². The Bertz CT molecular complexity index is 720. The summed E-state index contributed by atoms with van der Waals surface area (Å²) >= 11 is 9.33. The van der Waals surface area contributed by atoms with Crippen molar-refractivity contribution in [3.63, 3.8) is 0 Å². The lowest BCUT2D eigenvalue weighted by molar-refractivity contribution is -0.126. The maximum Gasteiger partial charge on any atom is 0.246 e. The Balaban J connectivity index is 1.55. The molecule has 0 atom stereocenters. The van der Waals surface area contributed by atoms with Gasteiger partial charge in [-0.3, -0.25) is 4.79 Å². The second-order valence-electron chi connectivity index (χ2n) is 5.67. The third-order valence-corrected chi connectivity index (χ3v) is 4.85. The maximum absolute atomic E-state index is 12.3. The topological polar surface area (TPSA) is 23.6 Å². The Hall–Kier alpha value is -1.78. The lowest BCUT2D eigenvalue weighted by Crippen LogP contribution is -2.48. The fourth-order valence-electron chi connectivity index (χ4n) is 2.68. The third kappa shape index (κ3) is 4.40. The van der Waals surface area contributed by atoms with Crippen LogP contribution in [-0.2, 0) is 4.79 Å². The summed E-state index contributed by atoms with van der Waals surface area (Å²) in [6.45, 7) is 3.12. The molecule has 1 amide bonds. The number of amides is 1. The molecule has 1 fully saturated rings. The van der Waals surface area contributed by atoms with Gasteiger partial charge in [0.2, 0.25) is 5.91 Å². The van der Waals surface area contributed by atoms with Gasteiger partial charge < -0.3 is 9.80 Å². The summed E-state index contributed by atoms with van der Waals surface area (Å²) in [6.07, 6.45) is 3.52. The fraction of sp³-hybridized carbons (Fsp3) is 0.211. The van der Waals surface area contributed by atoms with Crippen LogP contribution in [0.2, 0.25) is 5.02 Å². The Morgan fingerprint density at radius 1 is 0.958 bits per heavy atom. The molecule has 24 heavy (non-hydrogen) atoms. The number of nitrogens with zero attached hydrogens (tertiary/aromatic N) is 2. The summed E-state index contributed by atoms with van der Waals surface area (Å²) < 4.78 is 1.03. The highest BCUT2D eigenvalue weighted by Crippen LogP contribution is 2.19. The number of hydrogen-bond donors (Lipinski definition) is 0. The zero-order valence-electron chi connectivity index (χ0n) is 13.2. The molecule has 2 aromatic rings. The minimum Gasteiger partial charge on any atom is -0.368 e. The maximum atomic E-state index is 12.3. The van der Waals surface area contributed by atoms with E-state index in [4.69, 9.17) is 11.6 Å². The van der Waals surface area contributed by atoms with Gasteiger partial charge in [-0.1, -0.05) is 39.7 Å². The Morgan fingerprint density at radius 3 is 2.21 bits per heavy atom. The zero-order valence-corrected chi connectivity index (χ0v) is 15.5. The van der Waals surface area contributed by atoms with Crippen molar-refractivity contribution >= 4 is 45.2 Å². The van der Waals surface area contributed by atoms with Crippen molar-refractivity contribution in [1.29, 1.82) is 0 Å². The average molecular weight is 406 g/mol. The second-order valence-corrected chi connectivity index (χ2v) is 7.03. The molecule has 0 saturated carbocycles. The number of rotatable bonds is 3. The highest BCUT2D eigenvalue weighted by atomic mass is 79.9. The largest absolute Gasteiger partial charge is 0.368 e. The molecule has 0 bridgehead atoms. The molecule has 0 spiro atoms. The first-order valence-electron chi connectivity index (χ1n) is 7.85. The average Bonchev–Trinajstić information content (AvgIpc) is 2.62. The predicted octanol–water partition coefficient (Wildman–Crippen LogP) is 4.46. The molecule has 3 nitrogen and oxygen atoms in total. The molecule has 1 aliphatic heterocycles. The fourth-order valence-corrected chi connectivity index (χ4v) is 3.07. The van der Waals surface area contributed by atoms with Crippen LogP contribution in [0, 0.1) is 0 Å². The van der Waals surface area contributed by atoms with Crippen LogP contribution in [0.15, 0.2) is 59.1 Å². The van der Waals surface area contributed by atoms with E-state index in [1.807, 2.05) is 59.5 Å². The van der Waals surface area contributed by atoms with Crippen LogP contribution < -0.4 is 4.90 Å². The molecule has 3 rings (SSSR count). The molecule has 0 unspecified atom stereocenters. The van der Waals surface area contributed by atoms with E-state index in [1.54, 1.807) is 6.08 Å². The first-order chi connectivity index (χ1) is 11.6. The first-order valence-corrected chi connectivity index (χ1v) is 9.02. The lowest BCUT2D eigenvalue weighted by Gasteiger charge is -2.35. The van der Waals surface area contributed by atoms with E-state index in [2.05, 4.69) is 20.8 Å². The number of piperazine rings is 1. The number of carbonyl (C=O) groups is 1. The van der Waals surface area contributed by atoms with Gasteiger partial charge >= 0.3 is 0 Å². The van der Waals surface area contributed by atoms with E-state index in [9.17, 15) is 4.79 Å². The van der Waals surface area contributed by atoms with E-state index in [-0.39, 0.29) is 5.91 Å². The summed E-state index contributed by atoms with van der Waals surface area (Å²) in [5.74, 6) is 0.0636. The Kier molecular flexibility index (Phi) is 5.59. The summed E-state index contributed by atoms with van der Waals surface area (Å²) in [4.78, 5) is 16.5. The summed E-state index contributed by atoms with van der Waals surface area (Å²) in [6, 6.07) is 15.7. The molecular formula is C19H18BrClN2O. The van der Waals surface area contributed by atoms with Gasteiger partial charge in [0.25, 0.3) is 0 Å². The number of anilines is 1. The van der Waals surface area contributed by atoms with E-state index >= 15 is 0 Å². The van der Waals surface area contributed by atoms with Crippen LogP contribution in [-0.4, -0.2) is 37.0 Å². The molecule has 1 heterocycles. The smallest absolute Gasteiger partial charge is 0.246 e. The first kappa shape index (κ1) is 17.1. The second kappa shape index (κ2) is 7.86. The standard InChI is InChI=1S/C19H18BrClN2O/c20-16-4-1-15(2-5-16)3-10-19(24)23-13-11-22(12-14-23)18-8-6-17(21)7-9-18/h1-10H,11-14H2/b10-3+. The van der Waals surface area contributed by atoms with Gasteiger partial charge in [0.15, 0.2) is 0 Å². The van der Waals surface area contributed by atoms with Crippen LogP contribution in [0.4, 0.5) is 5.69 Å². The van der Waals surface area contributed by atoms with Crippen LogP contribution in [0.5, 0.6) is 0 Å². The van der Waals surface area contributed by atoms with Crippen molar-refractivity contribution in [2.75, 3.05) is 31.1 Å². The highest BCUT2D eigenvalue weighted by molar-refractivity contribution is 9.10. The minimum atomic E-state index is 0.0636. The summed E-state index contributed by atoms with van der Waals surface area (Å²) in [7, 11) is 0. The third-order valence-electron chi connectivity index (χ3n) is 4.07. The van der Waals surface area contributed by atoms with Crippen molar-refractivity contribution in [2.45, 2.75) is 0 Å². The molecule has 5 heteroatoms. The monoisotopic (exact) mass is 404 g/mol. The van der Waals surface area contributed by atoms with Crippen LogP contribution in [0.1, 0.15) is 5.56 Å². The van der Waals surface area contributed by atoms with Crippen molar-refractivity contribution in [3.8, 4) is 0 Å². The van der Waals surface area contributed by atoms with Gasteiger partial charge in [0.1, 0.15) is 0 Å². The van der Waals surface area contributed by atoms with Gasteiger partial charge in [-0.15, -0.1) is 0 Å². The molecule has 0 aliphatic carbocycles. The van der Waals surface area contributed by atoms with Crippen molar-refractivity contribution in [3.05, 3.63) is 69.7 Å². The lowest BCUT2D eigenvalue weighted by atomic mass is 10.2. The molecule has 0 aromatic heterocycles. The number of carbonyl (C=O) groups excluding carboxylic acids is 1. The summed E-state index contributed by atoms with van der Waals surface area (Å²) in [5, 5.41) is 0.741. The van der Waals surface area contributed by atoms with Crippen molar-refractivity contribution in [1.82, 2.24) is 4.90 Å². The van der Waals surface area contributed by atoms with E-state index in [1.165, 1.54) is 0 Å². The van der Waals surface area contributed by atoms with E-state index in [0.717, 1.165) is 46.9 Å². The van der Waals surface area contributed by atoms with Crippen LogP contribution in [0.25, 0.3) is 6.08 Å². The molecule has 124 valence electrons. The quantitative estimate of drug-likeness (QED) is 0.704. The summed E-state index contributed by atoms with van der Waals surface area (Å²) in [5.41, 5.74) is 2.17. The molecule has 0 N–H and O–H groups in total. The van der Waals surface area contributed by atoms with E-state index in [0.29, 0.717) is 0 Å². The van der Waals surface area contributed by atoms with Crippen LogP contribution in [0.3, 0.4) is 0 Å². The number of benzene rings is 2. The van der Waals surface area contributed by atoms with Crippen molar-refractivity contribution in [2.24, 2.45) is 0 Å². The Morgan fingerprint density at radius 2 is 1.58 bits per heavy atom. The molecule has 0 radical (unpaired) electrons. The SMILES string of the molecule is O=C(/C=C/c1ccc(Br)cc1)N1CCN(c2ccc(Cl)cc2)CC1.